The molecule has 5 nitrogen and oxygen atoms in total. The van der Waals surface area contributed by atoms with Gasteiger partial charge in [0.15, 0.2) is 9.84 Å². The lowest BCUT2D eigenvalue weighted by molar-refractivity contribution is -0.122. The number of rotatable bonds is 6. The molecule has 0 fully saturated rings. The molecular formula is C13H18BrNO4S2. The molecule has 21 heavy (non-hydrogen) atoms. The van der Waals surface area contributed by atoms with Gasteiger partial charge in [-0.2, -0.15) is 0 Å². The number of carbonyl (C=O) groups excluding carboxylic acids is 1. The van der Waals surface area contributed by atoms with E-state index in [1.807, 2.05) is 0 Å². The Kier molecular flexibility index (Phi) is 6.12. The molecule has 118 valence electrons. The summed E-state index contributed by atoms with van der Waals surface area (Å²) >= 11 is 3.24. The maximum absolute atomic E-state index is 12.6. The third kappa shape index (κ3) is 4.37. The Labute approximate surface area is 136 Å². The van der Waals surface area contributed by atoms with Crippen LogP contribution in [0.25, 0.3) is 0 Å². The monoisotopic (exact) mass is 395 g/mol. The number of halogens is 1. The standard InChI is InChI=1S/C13H18BrNO4S2/c1-13(2,12(16)15-8-9-20(3)17)21(18,19)11-6-4-10(14)5-7-11/h4-7H,8-9H2,1-3H3,(H,15,16)/t20-/m1/s1. The molecule has 0 saturated heterocycles. The van der Waals surface area contributed by atoms with Crippen molar-refractivity contribution in [3.05, 3.63) is 28.7 Å². The Morgan fingerprint density at radius 3 is 2.29 bits per heavy atom. The minimum Gasteiger partial charge on any atom is -0.354 e. The molecule has 0 bridgehead atoms. The summed E-state index contributed by atoms with van der Waals surface area (Å²) in [4.78, 5) is 12.2. The predicted octanol–water partition coefficient (Wildman–Crippen LogP) is 1.50. The molecule has 0 unspecified atom stereocenters. The lowest BCUT2D eigenvalue weighted by Gasteiger charge is -2.23. The van der Waals surface area contributed by atoms with Gasteiger partial charge in [-0.1, -0.05) is 15.9 Å². The lowest BCUT2D eigenvalue weighted by atomic mass is 10.2. The molecule has 0 aliphatic carbocycles. The smallest absolute Gasteiger partial charge is 0.241 e. The molecule has 1 rings (SSSR count). The zero-order chi connectivity index (χ0) is 16.3. The van der Waals surface area contributed by atoms with Gasteiger partial charge in [0.25, 0.3) is 0 Å². The van der Waals surface area contributed by atoms with Gasteiger partial charge in [-0.3, -0.25) is 9.00 Å². The van der Waals surface area contributed by atoms with Gasteiger partial charge in [0, 0.05) is 33.8 Å². The van der Waals surface area contributed by atoms with E-state index >= 15 is 0 Å². The van der Waals surface area contributed by atoms with Crippen LogP contribution in [0.1, 0.15) is 13.8 Å². The van der Waals surface area contributed by atoms with Gasteiger partial charge in [-0.05, 0) is 38.1 Å². The molecule has 1 N–H and O–H groups in total. The average Bonchev–Trinajstić information content (AvgIpc) is 2.38. The Bertz CT molecular complexity index is 639. The second-order valence-corrected chi connectivity index (χ2v) is 9.97. The van der Waals surface area contributed by atoms with Gasteiger partial charge in [0.1, 0.15) is 4.75 Å². The number of nitrogens with one attached hydrogen (secondary N) is 1. The molecule has 8 heteroatoms. The second kappa shape index (κ2) is 7.02. The SMILES string of the molecule is C[S@@](=O)CCNC(=O)C(C)(C)S(=O)(=O)c1ccc(Br)cc1. The zero-order valence-corrected chi connectivity index (χ0v) is 15.3. The summed E-state index contributed by atoms with van der Waals surface area (Å²) in [6, 6.07) is 6.13. The van der Waals surface area contributed by atoms with Gasteiger partial charge in [-0.15, -0.1) is 0 Å². The summed E-state index contributed by atoms with van der Waals surface area (Å²) in [5.74, 6) is -0.309. The fourth-order valence-corrected chi connectivity index (χ4v) is 3.61. The number of hydrogen-bond acceptors (Lipinski definition) is 4. The van der Waals surface area contributed by atoms with E-state index in [1.165, 1.54) is 32.2 Å². The van der Waals surface area contributed by atoms with Crippen molar-refractivity contribution in [2.45, 2.75) is 23.5 Å². The molecule has 0 saturated carbocycles. The summed E-state index contributed by atoms with van der Waals surface area (Å²) in [5, 5.41) is 2.52. The number of benzene rings is 1. The normalized spacial score (nSPS) is 13.7. The summed E-state index contributed by atoms with van der Waals surface area (Å²) in [6.07, 6.45) is 1.52. The van der Waals surface area contributed by atoms with E-state index in [2.05, 4.69) is 21.2 Å². The van der Waals surface area contributed by atoms with Gasteiger partial charge in [0.05, 0.1) is 4.90 Å². The van der Waals surface area contributed by atoms with Crippen molar-refractivity contribution in [1.29, 1.82) is 0 Å². The van der Waals surface area contributed by atoms with Crippen LogP contribution in [0.3, 0.4) is 0 Å². The third-order valence-corrected chi connectivity index (χ3v) is 6.75. The van der Waals surface area contributed by atoms with Crippen LogP contribution in [0.15, 0.2) is 33.6 Å². The first-order chi connectivity index (χ1) is 9.59. The van der Waals surface area contributed by atoms with Crippen molar-refractivity contribution >= 4 is 42.5 Å². The molecule has 1 aromatic rings. The first-order valence-corrected chi connectivity index (χ1v) is 10.2. The van der Waals surface area contributed by atoms with Gasteiger partial charge >= 0.3 is 0 Å². The molecule has 0 aliphatic rings. The van der Waals surface area contributed by atoms with E-state index < -0.39 is 31.3 Å². The summed E-state index contributed by atoms with van der Waals surface area (Å²) in [5.41, 5.74) is 0. The molecule has 0 aliphatic heterocycles. The van der Waals surface area contributed by atoms with E-state index in [-0.39, 0.29) is 11.4 Å². The van der Waals surface area contributed by atoms with Crippen molar-refractivity contribution in [3.63, 3.8) is 0 Å². The molecule has 0 aromatic heterocycles. The van der Waals surface area contributed by atoms with Gasteiger partial charge in [-0.25, -0.2) is 8.42 Å². The highest BCUT2D eigenvalue weighted by Gasteiger charge is 2.42. The fraction of sp³-hybridized carbons (Fsp3) is 0.462. The summed E-state index contributed by atoms with van der Waals surface area (Å²) in [7, 11) is -4.85. The van der Waals surface area contributed by atoms with Crippen molar-refractivity contribution in [2.75, 3.05) is 18.6 Å². The van der Waals surface area contributed by atoms with Crippen molar-refractivity contribution in [3.8, 4) is 0 Å². The topological polar surface area (TPSA) is 80.3 Å². The van der Waals surface area contributed by atoms with Gasteiger partial charge in [0.2, 0.25) is 5.91 Å². The second-order valence-electron chi connectivity index (χ2n) is 5.00. The van der Waals surface area contributed by atoms with Crippen LogP contribution in [0.2, 0.25) is 0 Å². The Balaban J connectivity index is 2.96. The van der Waals surface area contributed by atoms with Crippen LogP contribution in [0.4, 0.5) is 0 Å². The molecular weight excluding hydrogens is 378 g/mol. The first kappa shape index (κ1) is 18.3. The Morgan fingerprint density at radius 2 is 1.81 bits per heavy atom. The van der Waals surface area contributed by atoms with E-state index in [0.29, 0.717) is 5.75 Å². The maximum atomic E-state index is 12.6. The van der Waals surface area contributed by atoms with E-state index in [0.717, 1.165) is 4.47 Å². The summed E-state index contributed by atoms with van der Waals surface area (Å²) < 4.78 is 35.3. The van der Waals surface area contributed by atoms with Gasteiger partial charge < -0.3 is 5.32 Å². The highest BCUT2D eigenvalue weighted by Crippen LogP contribution is 2.26. The van der Waals surface area contributed by atoms with Crippen molar-refractivity contribution < 1.29 is 17.4 Å². The summed E-state index contributed by atoms with van der Waals surface area (Å²) in [6.45, 7) is 2.91. The molecule has 0 radical (unpaired) electrons. The van der Waals surface area contributed by atoms with E-state index in [9.17, 15) is 17.4 Å². The van der Waals surface area contributed by atoms with Crippen LogP contribution < -0.4 is 5.32 Å². The highest BCUT2D eigenvalue weighted by atomic mass is 79.9. The van der Waals surface area contributed by atoms with Crippen LogP contribution in [-0.2, 0) is 25.4 Å². The molecule has 1 aromatic carbocycles. The fourth-order valence-electron chi connectivity index (χ4n) is 1.55. The highest BCUT2D eigenvalue weighted by molar-refractivity contribution is 9.10. The van der Waals surface area contributed by atoms with E-state index in [4.69, 9.17) is 0 Å². The van der Waals surface area contributed by atoms with E-state index in [1.54, 1.807) is 12.1 Å². The maximum Gasteiger partial charge on any atom is 0.241 e. The first-order valence-electron chi connectivity index (χ1n) is 6.17. The average molecular weight is 396 g/mol. The van der Waals surface area contributed by atoms with Crippen LogP contribution >= 0.6 is 15.9 Å². The van der Waals surface area contributed by atoms with Crippen LogP contribution in [-0.4, -0.2) is 41.8 Å². The lowest BCUT2D eigenvalue weighted by Crippen LogP contribution is -2.48. The van der Waals surface area contributed by atoms with Crippen molar-refractivity contribution in [2.24, 2.45) is 0 Å². The minimum atomic E-state index is -3.81. The third-order valence-electron chi connectivity index (χ3n) is 3.02. The number of carbonyl (C=O) groups is 1. The number of hydrogen-bond donors (Lipinski definition) is 1. The zero-order valence-electron chi connectivity index (χ0n) is 12.1. The minimum absolute atomic E-state index is 0.0879. The Morgan fingerprint density at radius 1 is 1.29 bits per heavy atom. The largest absolute Gasteiger partial charge is 0.354 e. The molecule has 1 atom stereocenters. The Hall–Kier alpha value is -0.730. The molecule has 0 heterocycles. The van der Waals surface area contributed by atoms with Crippen LogP contribution in [0.5, 0.6) is 0 Å². The van der Waals surface area contributed by atoms with Crippen LogP contribution in [0, 0.1) is 0 Å². The number of sulfone groups is 1. The molecule has 0 spiro atoms. The molecule has 1 amide bonds. The van der Waals surface area contributed by atoms with Crippen molar-refractivity contribution in [1.82, 2.24) is 5.32 Å². The predicted molar refractivity (Wildman–Crippen MR) is 87.3 cm³/mol. The quantitative estimate of drug-likeness (QED) is 0.790. The number of amides is 1.